The molecule has 1 heterocycles. The van der Waals surface area contributed by atoms with Gasteiger partial charge in [0.2, 0.25) is 0 Å². The molecule has 0 radical (unpaired) electrons. The van der Waals surface area contributed by atoms with E-state index in [-0.39, 0.29) is 11.5 Å². The third-order valence-electron chi connectivity index (χ3n) is 2.82. The Hall–Kier alpha value is -2.74. The summed E-state index contributed by atoms with van der Waals surface area (Å²) in [5, 5.41) is 8.76. The summed E-state index contributed by atoms with van der Waals surface area (Å²) in [5.41, 5.74) is 1.36. The number of amides is 1. The van der Waals surface area contributed by atoms with Gasteiger partial charge in [-0.25, -0.2) is 4.39 Å². The Kier molecular flexibility index (Phi) is 4.06. The van der Waals surface area contributed by atoms with Crippen molar-refractivity contribution in [3.63, 3.8) is 0 Å². The highest BCUT2D eigenvalue weighted by Gasteiger charge is 2.16. The Bertz CT molecular complexity index is 662. The summed E-state index contributed by atoms with van der Waals surface area (Å²) in [6.07, 6.45) is 2.38. The number of rotatable bonds is 3. The molecule has 4 nitrogen and oxygen atoms in total. The Morgan fingerprint density at radius 1 is 1.35 bits per heavy atom. The molecule has 0 aliphatic heterocycles. The summed E-state index contributed by atoms with van der Waals surface area (Å²) in [6.45, 7) is 2.25. The van der Waals surface area contributed by atoms with Crippen LogP contribution in [0.3, 0.4) is 0 Å². The topological polar surface area (TPSA) is 57.0 Å². The third kappa shape index (κ3) is 2.81. The second kappa shape index (κ2) is 5.93. The summed E-state index contributed by atoms with van der Waals surface area (Å²) in [7, 11) is 0. The second-order valence-electron chi connectivity index (χ2n) is 4.10. The molecule has 0 fully saturated rings. The Labute approximate surface area is 116 Å². The van der Waals surface area contributed by atoms with Gasteiger partial charge in [0, 0.05) is 18.4 Å². The van der Waals surface area contributed by atoms with E-state index in [1.54, 1.807) is 24.3 Å². The summed E-state index contributed by atoms with van der Waals surface area (Å²) in [4.78, 5) is 17.5. The van der Waals surface area contributed by atoms with E-state index in [1.807, 2.05) is 13.0 Å². The molecule has 0 saturated carbocycles. The van der Waals surface area contributed by atoms with Crippen LogP contribution in [0, 0.1) is 17.1 Å². The first-order valence-corrected chi connectivity index (χ1v) is 6.08. The number of carbonyl (C=O) groups is 1. The van der Waals surface area contributed by atoms with Crippen molar-refractivity contribution in [3.05, 3.63) is 59.7 Å². The van der Waals surface area contributed by atoms with Crippen molar-refractivity contribution in [2.45, 2.75) is 6.92 Å². The number of halogens is 1. The van der Waals surface area contributed by atoms with Crippen molar-refractivity contribution in [1.82, 2.24) is 4.98 Å². The van der Waals surface area contributed by atoms with Gasteiger partial charge in [-0.1, -0.05) is 0 Å². The molecule has 20 heavy (non-hydrogen) atoms. The van der Waals surface area contributed by atoms with Crippen LogP contribution in [0.2, 0.25) is 0 Å². The van der Waals surface area contributed by atoms with E-state index in [0.29, 0.717) is 17.8 Å². The molecule has 2 rings (SSSR count). The molecule has 0 spiro atoms. The van der Waals surface area contributed by atoms with Crippen LogP contribution in [0.4, 0.5) is 10.1 Å². The van der Waals surface area contributed by atoms with Crippen molar-refractivity contribution in [2.75, 3.05) is 11.4 Å². The average Bonchev–Trinajstić information content (AvgIpc) is 2.48. The smallest absolute Gasteiger partial charge is 0.259 e. The lowest BCUT2D eigenvalue weighted by molar-refractivity contribution is 0.0987. The van der Waals surface area contributed by atoms with E-state index in [0.717, 1.165) is 12.3 Å². The summed E-state index contributed by atoms with van der Waals surface area (Å²) >= 11 is 0. The molecule has 0 N–H and O–H groups in total. The number of nitriles is 1. The highest BCUT2D eigenvalue weighted by molar-refractivity contribution is 6.05. The van der Waals surface area contributed by atoms with E-state index in [1.165, 1.54) is 11.1 Å². The van der Waals surface area contributed by atoms with Crippen LogP contribution < -0.4 is 4.90 Å². The fraction of sp³-hybridized carbons (Fsp3) is 0.133. The quantitative estimate of drug-likeness (QED) is 0.860. The molecule has 5 heteroatoms. The zero-order valence-corrected chi connectivity index (χ0v) is 10.9. The number of benzene rings is 1. The van der Waals surface area contributed by atoms with E-state index >= 15 is 0 Å². The van der Waals surface area contributed by atoms with Crippen LogP contribution in [-0.2, 0) is 0 Å². The number of hydrogen-bond donors (Lipinski definition) is 0. The highest BCUT2D eigenvalue weighted by atomic mass is 19.1. The van der Waals surface area contributed by atoms with E-state index in [2.05, 4.69) is 4.98 Å². The monoisotopic (exact) mass is 269 g/mol. The minimum atomic E-state index is -0.549. The molecular weight excluding hydrogens is 257 g/mol. The number of anilines is 1. The number of nitrogens with zero attached hydrogens (tertiary/aromatic N) is 3. The maximum absolute atomic E-state index is 13.1. The van der Waals surface area contributed by atoms with Gasteiger partial charge in [0.1, 0.15) is 5.82 Å². The molecule has 2 aromatic rings. The van der Waals surface area contributed by atoms with Crippen LogP contribution in [0.5, 0.6) is 0 Å². The molecule has 0 atom stereocenters. The first-order chi connectivity index (χ1) is 9.65. The molecular formula is C15H12FN3O. The molecule has 1 amide bonds. The summed E-state index contributed by atoms with van der Waals surface area (Å²) in [5.74, 6) is -0.879. The van der Waals surface area contributed by atoms with Gasteiger partial charge in [-0.05, 0) is 37.3 Å². The Balaban J connectivity index is 2.32. The first kappa shape index (κ1) is 13.7. The predicted molar refractivity (Wildman–Crippen MR) is 72.7 cm³/mol. The lowest BCUT2D eigenvalue weighted by atomic mass is 10.2. The number of aromatic nitrogens is 1. The van der Waals surface area contributed by atoms with Gasteiger partial charge in [0.05, 0.1) is 23.4 Å². The Morgan fingerprint density at radius 3 is 2.60 bits per heavy atom. The normalized spacial score (nSPS) is 9.85. The minimum absolute atomic E-state index is 0.191. The average molecular weight is 269 g/mol. The van der Waals surface area contributed by atoms with Gasteiger partial charge in [0.25, 0.3) is 5.91 Å². The van der Waals surface area contributed by atoms with Gasteiger partial charge >= 0.3 is 0 Å². The summed E-state index contributed by atoms with van der Waals surface area (Å²) < 4.78 is 13.1. The van der Waals surface area contributed by atoms with E-state index in [9.17, 15) is 9.18 Å². The molecule has 0 bridgehead atoms. The van der Waals surface area contributed by atoms with Crippen molar-refractivity contribution in [1.29, 1.82) is 5.26 Å². The number of carbonyl (C=O) groups excluding carboxylic acids is 1. The summed E-state index contributed by atoms with van der Waals surface area (Å²) in [6, 6.07) is 9.81. The van der Waals surface area contributed by atoms with Crippen molar-refractivity contribution in [3.8, 4) is 6.07 Å². The van der Waals surface area contributed by atoms with Crippen molar-refractivity contribution < 1.29 is 9.18 Å². The zero-order valence-electron chi connectivity index (χ0n) is 10.9. The fourth-order valence-electron chi connectivity index (χ4n) is 1.84. The maximum atomic E-state index is 13.1. The van der Waals surface area contributed by atoms with Crippen LogP contribution in [0.1, 0.15) is 22.8 Å². The molecule has 0 aliphatic rings. The lowest BCUT2D eigenvalue weighted by Crippen LogP contribution is -2.30. The van der Waals surface area contributed by atoms with Gasteiger partial charge in [-0.3, -0.25) is 9.78 Å². The zero-order chi connectivity index (χ0) is 14.5. The molecule has 1 aromatic heterocycles. The van der Waals surface area contributed by atoms with Gasteiger partial charge in [0.15, 0.2) is 0 Å². The van der Waals surface area contributed by atoms with E-state index in [4.69, 9.17) is 5.26 Å². The van der Waals surface area contributed by atoms with Crippen LogP contribution in [0.15, 0.2) is 42.7 Å². The van der Waals surface area contributed by atoms with Gasteiger partial charge in [-0.2, -0.15) is 5.26 Å². The van der Waals surface area contributed by atoms with Crippen molar-refractivity contribution >= 4 is 11.6 Å². The van der Waals surface area contributed by atoms with Crippen LogP contribution in [0.25, 0.3) is 0 Å². The minimum Gasteiger partial charge on any atom is -0.309 e. The highest BCUT2D eigenvalue weighted by Crippen LogP contribution is 2.18. The SMILES string of the molecule is CCN(C(=O)c1cncc(F)c1)c1ccc(C#N)cc1. The van der Waals surface area contributed by atoms with Crippen molar-refractivity contribution in [2.24, 2.45) is 0 Å². The molecule has 0 saturated heterocycles. The second-order valence-corrected chi connectivity index (χ2v) is 4.10. The molecule has 0 unspecified atom stereocenters. The van der Waals surface area contributed by atoms with Crippen LogP contribution >= 0.6 is 0 Å². The van der Waals surface area contributed by atoms with Crippen LogP contribution in [-0.4, -0.2) is 17.4 Å². The van der Waals surface area contributed by atoms with E-state index < -0.39 is 5.82 Å². The largest absolute Gasteiger partial charge is 0.309 e. The van der Waals surface area contributed by atoms with Gasteiger partial charge < -0.3 is 4.90 Å². The molecule has 0 aliphatic carbocycles. The van der Waals surface area contributed by atoms with Gasteiger partial charge in [-0.15, -0.1) is 0 Å². The number of hydrogen-bond acceptors (Lipinski definition) is 3. The number of pyridine rings is 1. The third-order valence-corrected chi connectivity index (χ3v) is 2.82. The standard InChI is InChI=1S/C15H12FN3O/c1-2-19(14-5-3-11(8-17)4-6-14)15(20)12-7-13(16)10-18-9-12/h3-7,9-10H,2H2,1H3. The predicted octanol–water partition coefficient (Wildman–Crippen LogP) is 2.76. The molecule has 100 valence electrons. The Morgan fingerprint density at radius 2 is 2.05 bits per heavy atom. The lowest BCUT2D eigenvalue weighted by Gasteiger charge is -2.21. The first-order valence-electron chi connectivity index (χ1n) is 6.08. The molecule has 1 aromatic carbocycles. The fourth-order valence-corrected chi connectivity index (χ4v) is 1.84. The maximum Gasteiger partial charge on any atom is 0.259 e.